The highest BCUT2D eigenvalue weighted by molar-refractivity contribution is 7.90. The maximum atomic E-state index is 12.5. The van der Waals surface area contributed by atoms with E-state index in [-0.39, 0.29) is 5.75 Å². The molecule has 0 saturated heterocycles. The normalized spacial score (nSPS) is 11.6. The third-order valence-corrected chi connectivity index (χ3v) is 5.12. The number of hydrogen-bond donors (Lipinski definition) is 1. The van der Waals surface area contributed by atoms with E-state index in [4.69, 9.17) is 5.73 Å². The fraction of sp³-hybridized carbons (Fsp3) is 0.250. The third kappa shape index (κ3) is 3.02. The summed E-state index contributed by atoms with van der Waals surface area (Å²) in [6.45, 7) is 5.67. The lowest BCUT2D eigenvalue weighted by Crippen LogP contribution is -2.08. The Morgan fingerprint density at radius 2 is 1.60 bits per heavy atom. The van der Waals surface area contributed by atoms with Crippen LogP contribution in [0.5, 0.6) is 0 Å². The van der Waals surface area contributed by atoms with Crippen LogP contribution in [-0.4, -0.2) is 8.42 Å². The molecule has 3 nitrogen and oxygen atoms in total. The molecule has 4 heteroatoms. The number of benzene rings is 2. The van der Waals surface area contributed by atoms with Crippen LogP contribution >= 0.6 is 0 Å². The van der Waals surface area contributed by atoms with Gasteiger partial charge in [0.05, 0.1) is 10.6 Å². The molecule has 0 aromatic heterocycles. The Morgan fingerprint density at radius 1 is 1.00 bits per heavy atom. The Bertz CT molecular complexity index is 729. The number of nitrogens with two attached hydrogens (primary N) is 1. The van der Waals surface area contributed by atoms with Crippen molar-refractivity contribution in [2.45, 2.75) is 31.4 Å². The summed E-state index contributed by atoms with van der Waals surface area (Å²) in [5.41, 5.74) is 9.87. The van der Waals surface area contributed by atoms with E-state index < -0.39 is 9.84 Å². The monoisotopic (exact) mass is 289 g/mol. The minimum Gasteiger partial charge on any atom is -0.398 e. The topological polar surface area (TPSA) is 60.2 Å². The first-order chi connectivity index (χ1) is 9.29. The van der Waals surface area contributed by atoms with Crippen LogP contribution in [0.1, 0.15) is 22.3 Å². The van der Waals surface area contributed by atoms with Crippen molar-refractivity contribution in [2.75, 3.05) is 5.73 Å². The zero-order valence-electron chi connectivity index (χ0n) is 12.0. The smallest absolute Gasteiger partial charge is 0.182 e. The standard InChI is InChI=1S/C16H19NO2S/c1-11-7-12(2)9-14(8-11)10-20(18,19)16-6-4-5-15(17)13(16)3/h4-9H,10,17H2,1-3H3. The molecule has 0 atom stereocenters. The number of rotatable bonds is 3. The number of nitrogen functional groups attached to an aromatic ring is 1. The van der Waals surface area contributed by atoms with Gasteiger partial charge in [0.25, 0.3) is 0 Å². The summed E-state index contributed by atoms with van der Waals surface area (Å²) in [4.78, 5) is 0.316. The summed E-state index contributed by atoms with van der Waals surface area (Å²) >= 11 is 0. The Balaban J connectivity index is 2.43. The summed E-state index contributed by atoms with van der Waals surface area (Å²) in [5.74, 6) is -0.000185. The Hall–Kier alpha value is -1.81. The largest absolute Gasteiger partial charge is 0.398 e. The van der Waals surface area contributed by atoms with Gasteiger partial charge in [0.15, 0.2) is 9.84 Å². The van der Waals surface area contributed by atoms with Crippen LogP contribution in [0.2, 0.25) is 0 Å². The van der Waals surface area contributed by atoms with Crippen molar-refractivity contribution >= 4 is 15.5 Å². The van der Waals surface area contributed by atoms with Crippen molar-refractivity contribution < 1.29 is 8.42 Å². The summed E-state index contributed by atoms with van der Waals surface area (Å²) < 4.78 is 25.1. The Morgan fingerprint density at radius 3 is 2.20 bits per heavy atom. The molecular weight excluding hydrogens is 270 g/mol. The van der Waals surface area contributed by atoms with Gasteiger partial charge < -0.3 is 5.73 Å². The number of sulfone groups is 1. The van der Waals surface area contributed by atoms with E-state index in [0.29, 0.717) is 16.1 Å². The second kappa shape index (κ2) is 5.29. The minimum absolute atomic E-state index is 0.000185. The van der Waals surface area contributed by atoms with E-state index in [1.807, 2.05) is 32.0 Å². The predicted molar refractivity (Wildman–Crippen MR) is 82.4 cm³/mol. The predicted octanol–water partition coefficient (Wildman–Crippen LogP) is 3.17. The van der Waals surface area contributed by atoms with Crippen molar-refractivity contribution in [2.24, 2.45) is 0 Å². The molecule has 0 fully saturated rings. The first kappa shape index (κ1) is 14.6. The molecule has 0 radical (unpaired) electrons. The first-order valence-corrected chi connectivity index (χ1v) is 8.10. The molecule has 0 aliphatic carbocycles. The molecule has 20 heavy (non-hydrogen) atoms. The van der Waals surface area contributed by atoms with Gasteiger partial charge in [-0.1, -0.05) is 35.4 Å². The molecule has 2 aromatic carbocycles. The summed E-state index contributed by atoms with van der Waals surface area (Å²) in [7, 11) is -3.38. The van der Waals surface area contributed by atoms with Gasteiger partial charge in [0, 0.05) is 5.69 Å². The lowest BCUT2D eigenvalue weighted by molar-refractivity contribution is 0.594. The van der Waals surface area contributed by atoms with Gasteiger partial charge in [-0.05, 0) is 44.0 Å². The summed E-state index contributed by atoms with van der Waals surface area (Å²) in [5, 5.41) is 0. The highest BCUT2D eigenvalue weighted by atomic mass is 32.2. The van der Waals surface area contributed by atoms with E-state index in [1.165, 1.54) is 0 Å². The minimum atomic E-state index is -3.38. The number of anilines is 1. The molecule has 0 aliphatic heterocycles. The lowest BCUT2D eigenvalue weighted by Gasteiger charge is -2.10. The van der Waals surface area contributed by atoms with Gasteiger partial charge >= 0.3 is 0 Å². The molecule has 0 bridgehead atoms. The van der Waals surface area contributed by atoms with Gasteiger partial charge in [0.2, 0.25) is 0 Å². The van der Waals surface area contributed by atoms with E-state index in [2.05, 4.69) is 0 Å². The fourth-order valence-electron chi connectivity index (χ4n) is 2.42. The molecule has 2 aromatic rings. The zero-order chi connectivity index (χ0) is 14.9. The van der Waals surface area contributed by atoms with Crippen molar-refractivity contribution in [1.82, 2.24) is 0 Å². The highest BCUT2D eigenvalue weighted by Crippen LogP contribution is 2.24. The van der Waals surface area contributed by atoms with E-state index in [1.54, 1.807) is 25.1 Å². The fourth-order valence-corrected chi connectivity index (χ4v) is 4.05. The number of hydrogen-bond acceptors (Lipinski definition) is 3. The highest BCUT2D eigenvalue weighted by Gasteiger charge is 2.19. The average molecular weight is 289 g/mol. The molecule has 106 valence electrons. The Labute approximate surface area is 120 Å². The van der Waals surface area contributed by atoms with Gasteiger partial charge in [-0.2, -0.15) is 0 Å². The van der Waals surface area contributed by atoms with Crippen LogP contribution in [0.25, 0.3) is 0 Å². The van der Waals surface area contributed by atoms with Crippen LogP contribution in [0.3, 0.4) is 0 Å². The maximum Gasteiger partial charge on any atom is 0.182 e. The second-order valence-electron chi connectivity index (χ2n) is 5.23. The van der Waals surface area contributed by atoms with Crippen LogP contribution in [0.15, 0.2) is 41.3 Å². The van der Waals surface area contributed by atoms with Gasteiger partial charge in [-0.3, -0.25) is 0 Å². The average Bonchev–Trinajstić information content (AvgIpc) is 2.30. The molecule has 0 unspecified atom stereocenters. The van der Waals surface area contributed by atoms with Crippen molar-refractivity contribution in [3.8, 4) is 0 Å². The van der Waals surface area contributed by atoms with E-state index in [9.17, 15) is 8.42 Å². The van der Waals surface area contributed by atoms with Gasteiger partial charge in [-0.15, -0.1) is 0 Å². The van der Waals surface area contributed by atoms with Gasteiger partial charge in [0.1, 0.15) is 0 Å². The molecular formula is C16H19NO2S. The SMILES string of the molecule is Cc1cc(C)cc(CS(=O)(=O)c2cccc(N)c2C)c1. The summed E-state index contributed by atoms with van der Waals surface area (Å²) in [6.07, 6.45) is 0. The first-order valence-electron chi connectivity index (χ1n) is 6.44. The molecule has 0 aliphatic rings. The molecule has 2 N–H and O–H groups in total. The van der Waals surface area contributed by atoms with Crippen molar-refractivity contribution in [1.29, 1.82) is 0 Å². The van der Waals surface area contributed by atoms with Crippen molar-refractivity contribution in [3.63, 3.8) is 0 Å². The quantitative estimate of drug-likeness (QED) is 0.883. The van der Waals surface area contributed by atoms with E-state index >= 15 is 0 Å². The van der Waals surface area contributed by atoms with Crippen molar-refractivity contribution in [3.05, 3.63) is 58.7 Å². The van der Waals surface area contributed by atoms with Crippen LogP contribution in [0.4, 0.5) is 5.69 Å². The molecule has 0 saturated carbocycles. The summed E-state index contributed by atoms with van der Waals surface area (Å²) in [6, 6.07) is 10.9. The molecule has 2 rings (SSSR count). The van der Waals surface area contributed by atoms with Crippen LogP contribution in [-0.2, 0) is 15.6 Å². The van der Waals surface area contributed by atoms with Gasteiger partial charge in [-0.25, -0.2) is 8.42 Å². The van der Waals surface area contributed by atoms with Crippen LogP contribution < -0.4 is 5.73 Å². The molecule has 0 spiro atoms. The molecule has 0 amide bonds. The second-order valence-corrected chi connectivity index (χ2v) is 7.18. The maximum absolute atomic E-state index is 12.5. The lowest BCUT2D eigenvalue weighted by atomic mass is 10.1. The molecule has 0 heterocycles. The number of aryl methyl sites for hydroxylation is 2. The third-order valence-electron chi connectivity index (χ3n) is 3.30. The van der Waals surface area contributed by atoms with Crippen LogP contribution in [0, 0.1) is 20.8 Å². The Kier molecular flexibility index (Phi) is 3.86. The van der Waals surface area contributed by atoms with E-state index in [0.717, 1.165) is 16.7 Å². The zero-order valence-corrected chi connectivity index (χ0v) is 12.8.